The van der Waals surface area contributed by atoms with E-state index in [4.69, 9.17) is 21.4 Å². The van der Waals surface area contributed by atoms with E-state index >= 15 is 0 Å². The van der Waals surface area contributed by atoms with Crippen LogP contribution < -0.4 is 10.6 Å². The number of carbonyl (C=O) groups is 2. The Labute approximate surface area is 128 Å². The minimum Gasteiger partial charge on any atom is -0.481 e. The second-order valence-corrected chi connectivity index (χ2v) is 4.92. The van der Waals surface area contributed by atoms with Crippen LogP contribution in [0.4, 0.5) is 4.79 Å². The number of carboxylic acid groups (broad SMARTS) is 1. The summed E-state index contributed by atoms with van der Waals surface area (Å²) < 4.78 is 5.15. The quantitative estimate of drug-likeness (QED) is 0.683. The first kappa shape index (κ1) is 17.3. The van der Waals surface area contributed by atoms with Gasteiger partial charge in [-0.15, -0.1) is 0 Å². The molecule has 0 aliphatic heterocycles. The molecule has 2 amide bonds. The normalized spacial score (nSPS) is 11.7. The van der Waals surface area contributed by atoms with Gasteiger partial charge in [0.25, 0.3) is 0 Å². The third-order valence-electron chi connectivity index (χ3n) is 2.84. The topological polar surface area (TPSA) is 87.7 Å². The Morgan fingerprint density at radius 2 is 1.95 bits per heavy atom. The molecule has 0 radical (unpaired) electrons. The van der Waals surface area contributed by atoms with Gasteiger partial charge in [0, 0.05) is 31.1 Å². The van der Waals surface area contributed by atoms with E-state index in [-0.39, 0.29) is 18.9 Å². The summed E-state index contributed by atoms with van der Waals surface area (Å²) in [7, 11) is 1.59. The number of urea groups is 1. The molecule has 1 rings (SSSR count). The predicted octanol–water partition coefficient (Wildman–Crippen LogP) is 1.84. The molecule has 21 heavy (non-hydrogen) atoms. The zero-order valence-corrected chi connectivity index (χ0v) is 12.5. The molecule has 0 aromatic heterocycles. The maximum absolute atomic E-state index is 11.5. The largest absolute Gasteiger partial charge is 0.481 e. The van der Waals surface area contributed by atoms with Crippen molar-refractivity contribution in [3.8, 4) is 0 Å². The number of ether oxygens (including phenoxy) is 1. The van der Waals surface area contributed by atoms with E-state index in [1.54, 1.807) is 19.2 Å². The van der Waals surface area contributed by atoms with E-state index in [9.17, 15) is 9.59 Å². The zero-order chi connectivity index (χ0) is 15.7. The van der Waals surface area contributed by atoms with Crippen molar-refractivity contribution in [2.45, 2.75) is 12.3 Å². The number of hydrogen-bond donors (Lipinski definition) is 3. The van der Waals surface area contributed by atoms with Crippen molar-refractivity contribution in [3.05, 3.63) is 34.9 Å². The summed E-state index contributed by atoms with van der Waals surface area (Å²) in [5.74, 6) is -0.953. The first-order valence-electron chi connectivity index (χ1n) is 6.50. The summed E-state index contributed by atoms with van der Waals surface area (Å²) >= 11 is 5.84. The Morgan fingerprint density at radius 3 is 2.52 bits per heavy atom. The van der Waals surface area contributed by atoms with Gasteiger partial charge in [-0.25, -0.2) is 4.79 Å². The zero-order valence-electron chi connectivity index (χ0n) is 11.8. The first-order valence-corrected chi connectivity index (χ1v) is 6.88. The molecule has 1 unspecified atom stereocenters. The molecule has 0 spiro atoms. The van der Waals surface area contributed by atoms with Gasteiger partial charge in [0.1, 0.15) is 0 Å². The molecule has 0 bridgehead atoms. The lowest BCUT2D eigenvalue weighted by atomic mass is 10.00. The van der Waals surface area contributed by atoms with Crippen LogP contribution in [0.3, 0.4) is 0 Å². The Kier molecular flexibility index (Phi) is 7.56. The van der Waals surface area contributed by atoms with Crippen LogP contribution in [0.1, 0.15) is 17.9 Å². The third kappa shape index (κ3) is 6.97. The molecule has 6 nitrogen and oxygen atoms in total. The molecule has 0 aliphatic rings. The third-order valence-corrected chi connectivity index (χ3v) is 3.09. The molecule has 0 saturated carbocycles. The highest BCUT2D eigenvalue weighted by Gasteiger charge is 2.13. The summed E-state index contributed by atoms with van der Waals surface area (Å²) in [6.07, 6.45) is -0.105. The Morgan fingerprint density at radius 1 is 1.29 bits per heavy atom. The standard InChI is InChI=1S/C14H19ClN2O4/c1-21-9-11(10-2-4-12(15)5-3-10)8-17-14(20)16-7-6-13(18)19/h2-5,11H,6-9H2,1H3,(H,18,19)(H2,16,17,20). The molecule has 3 N–H and O–H groups in total. The van der Waals surface area contributed by atoms with Gasteiger partial charge < -0.3 is 20.5 Å². The van der Waals surface area contributed by atoms with Crippen molar-refractivity contribution in [1.29, 1.82) is 0 Å². The summed E-state index contributed by atoms with van der Waals surface area (Å²) in [6, 6.07) is 6.94. The van der Waals surface area contributed by atoms with Crippen LogP contribution >= 0.6 is 11.6 Å². The van der Waals surface area contributed by atoms with Crippen molar-refractivity contribution < 1.29 is 19.4 Å². The number of halogens is 1. The number of carbonyl (C=O) groups excluding carboxylic acids is 1. The number of amides is 2. The second-order valence-electron chi connectivity index (χ2n) is 4.48. The molecule has 7 heteroatoms. The lowest BCUT2D eigenvalue weighted by Crippen LogP contribution is -2.39. The van der Waals surface area contributed by atoms with E-state index in [0.717, 1.165) is 5.56 Å². The van der Waals surface area contributed by atoms with Gasteiger partial charge in [0.05, 0.1) is 13.0 Å². The fourth-order valence-corrected chi connectivity index (χ4v) is 1.90. The molecule has 1 atom stereocenters. The lowest BCUT2D eigenvalue weighted by molar-refractivity contribution is -0.136. The Balaban J connectivity index is 2.45. The molecule has 1 aromatic carbocycles. The van der Waals surface area contributed by atoms with Crippen LogP contribution in [0.15, 0.2) is 24.3 Å². The van der Waals surface area contributed by atoms with Crippen molar-refractivity contribution in [2.24, 2.45) is 0 Å². The second kappa shape index (κ2) is 9.20. The summed E-state index contributed by atoms with van der Waals surface area (Å²) in [5, 5.41) is 14.3. The van der Waals surface area contributed by atoms with Crippen LogP contribution in [0.2, 0.25) is 5.02 Å². The highest BCUT2D eigenvalue weighted by molar-refractivity contribution is 6.30. The Hall–Kier alpha value is -1.79. The van der Waals surface area contributed by atoms with Crippen LogP contribution in [0, 0.1) is 0 Å². The highest BCUT2D eigenvalue weighted by atomic mass is 35.5. The summed E-state index contributed by atoms with van der Waals surface area (Å²) in [4.78, 5) is 21.9. The summed E-state index contributed by atoms with van der Waals surface area (Å²) in [6.45, 7) is 0.933. The molecule has 1 aromatic rings. The van der Waals surface area contributed by atoms with E-state index in [1.807, 2.05) is 12.1 Å². The van der Waals surface area contributed by atoms with E-state index in [1.165, 1.54) is 0 Å². The van der Waals surface area contributed by atoms with Gasteiger partial charge in [-0.1, -0.05) is 23.7 Å². The van der Waals surface area contributed by atoms with Crippen LogP contribution in [0.25, 0.3) is 0 Å². The fraction of sp³-hybridized carbons (Fsp3) is 0.429. The van der Waals surface area contributed by atoms with Gasteiger partial charge >= 0.3 is 12.0 Å². The van der Waals surface area contributed by atoms with Gasteiger partial charge in [-0.2, -0.15) is 0 Å². The van der Waals surface area contributed by atoms with Crippen LogP contribution in [-0.2, 0) is 9.53 Å². The Bertz CT molecular complexity index is 465. The number of methoxy groups -OCH3 is 1. The molecule has 116 valence electrons. The molecule has 0 heterocycles. The average Bonchev–Trinajstić information content (AvgIpc) is 2.44. The molecular weight excluding hydrogens is 296 g/mol. The monoisotopic (exact) mass is 314 g/mol. The van der Waals surface area contributed by atoms with Gasteiger partial charge in [-0.3, -0.25) is 4.79 Å². The smallest absolute Gasteiger partial charge is 0.314 e. The SMILES string of the molecule is COCC(CNC(=O)NCCC(=O)O)c1ccc(Cl)cc1. The van der Waals surface area contributed by atoms with E-state index in [0.29, 0.717) is 18.2 Å². The van der Waals surface area contributed by atoms with Gasteiger partial charge in [0.15, 0.2) is 0 Å². The minimum atomic E-state index is -0.950. The molecule has 0 saturated heterocycles. The number of hydrogen-bond acceptors (Lipinski definition) is 3. The minimum absolute atomic E-state index is 0.00232. The van der Waals surface area contributed by atoms with Crippen molar-refractivity contribution in [1.82, 2.24) is 10.6 Å². The highest BCUT2D eigenvalue weighted by Crippen LogP contribution is 2.18. The number of rotatable bonds is 8. The van der Waals surface area contributed by atoms with Crippen molar-refractivity contribution in [3.63, 3.8) is 0 Å². The van der Waals surface area contributed by atoms with Crippen molar-refractivity contribution >= 4 is 23.6 Å². The number of nitrogens with one attached hydrogen (secondary N) is 2. The maximum atomic E-state index is 11.5. The fourth-order valence-electron chi connectivity index (χ4n) is 1.77. The molecule has 0 aliphatic carbocycles. The summed E-state index contributed by atoms with van der Waals surface area (Å²) in [5.41, 5.74) is 1.01. The van der Waals surface area contributed by atoms with Crippen LogP contribution in [0.5, 0.6) is 0 Å². The molecule has 0 fully saturated rings. The lowest BCUT2D eigenvalue weighted by Gasteiger charge is -2.17. The number of aliphatic carboxylic acids is 1. The maximum Gasteiger partial charge on any atom is 0.314 e. The average molecular weight is 315 g/mol. The van der Waals surface area contributed by atoms with E-state index in [2.05, 4.69) is 10.6 Å². The van der Waals surface area contributed by atoms with Crippen LogP contribution in [-0.4, -0.2) is 43.9 Å². The number of benzene rings is 1. The van der Waals surface area contributed by atoms with Gasteiger partial charge in [0.2, 0.25) is 0 Å². The molecular formula is C14H19ClN2O4. The van der Waals surface area contributed by atoms with E-state index < -0.39 is 12.0 Å². The van der Waals surface area contributed by atoms with Gasteiger partial charge in [-0.05, 0) is 17.7 Å². The predicted molar refractivity (Wildman–Crippen MR) is 79.7 cm³/mol. The van der Waals surface area contributed by atoms with Crippen molar-refractivity contribution in [2.75, 3.05) is 26.8 Å². The first-order chi connectivity index (χ1) is 10.0. The number of carboxylic acids is 1.